The summed E-state index contributed by atoms with van der Waals surface area (Å²) < 4.78 is 10.7. The number of imidazole rings is 1. The number of benzene rings is 3. The molecule has 0 saturated heterocycles. The molecule has 0 radical (unpaired) electrons. The summed E-state index contributed by atoms with van der Waals surface area (Å²) in [7, 11) is 0. The first-order valence-corrected chi connectivity index (χ1v) is 10.5. The van der Waals surface area contributed by atoms with Gasteiger partial charge in [0.1, 0.15) is 12.3 Å². The zero-order valence-corrected chi connectivity index (χ0v) is 19.4. The fraction of sp³-hybridized carbons (Fsp3) is 0.167. The van der Waals surface area contributed by atoms with Gasteiger partial charge in [0, 0.05) is 16.5 Å². The predicted octanol–water partition coefficient (Wildman–Crippen LogP) is 1.56. The van der Waals surface area contributed by atoms with Crippen LogP contribution in [0.1, 0.15) is 21.5 Å². The van der Waals surface area contributed by atoms with Crippen molar-refractivity contribution in [3.05, 3.63) is 94.2 Å². The Hall–Kier alpha value is -2.44. The third-order valence-electron chi connectivity index (χ3n) is 5.37. The van der Waals surface area contributed by atoms with E-state index in [0.29, 0.717) is 12.1 Å². The molecular formula is C24H20Br2N2O2. The maximum atomic E-state index is 12.9. The molecule has 0 saturated carbocycles. The summed E-state index contributed by atoms with van der Waals surface area (Å²) in [4.78, 5) is 12.9. The number of para-hydroxylation sites is 2. The highest BCUT2D eigenvalue weighted by Crippen LogP contribution is 2.26. The molecule has 6 heteroatoms. The molecule has 0 atom stereocenters. The summed E-state index contributed by atoms with van der Waals surface area (Å²) >= 11 is 3.49. The number of carbonyl (C=O) groups is 1. The molecule has 1 aliphatic rings. The zero-order valence-electron chi connectivity index (χ0n) is 16.2. The second-order valence-corrected chi connectivity index (χ2v) is 8.16. The number of ether oxygens (including phenoxy) is 1. The molecule has 3 aromatic carbocycles. The molecule has 1 aromatic heterocycles. The van der Waals surface area contributed by atoms with Gasteiger partial charge in [0.2, 0.25) is 12.1 Å². The highest BCUT2D eigenvalue weighted by molar-refractivity contribution is 9.10. The number of halogens is 2. The van der Waals surface area contributed by atoms with Crippen LogP contribution in [0.15, 0.2) is 77.5 Å². The van der Waals surface area contributed by atoms with Crippen molar-refractivity contribution < 1.29 is 31.1 Å². The molecule has 4 aromatic rings. The Morgan fingerprint density at radius 2 is 1.87 bits per heavy atom. The number of carbonyl (C=O) groups excluding carboxylic acids is 1. The van der Waals surface area contributed by atoms with Crippen LogP contribution in [-0.2, 0) is 19.5 Å². The quantitative estimate of drug-likeness (QED) is 0.292. The summed E-state index contributed by atoms with van der Waals surface area (Å²) in [6, 6.07) is 22.2. The smallest absolute Gasteiger partial charge is 0.245 e. The third kappa shape index (κ3) is 3.94. The number of Topliss-reactive ketones (excluding diaryl/α,β-unsaturated/α-hetero) is 1. The average molecular weight is 528 g/mol. The van der Waals surface area contributed by atoms with Crippen LogP contribution in [0.3, 0.4) is 0 Å². The number of hydrogen-bond acceptors (Lipinski definition) is 2. The van der Waals surface area contributed by atoms with Crippen molar-refractivity contribution >= 4 is 32.7 Å². The van der Waals surface area contributed by atoms with Gasteiger partial charge in [-0.1, -0.05) is 52.3 Å². The normalized spacial score (nSPS) is 12.3. The Balaban J connectivity index is 0.00000218. The van der Waals surface area contributed by atoms with Crippen molar-refractivity contribution in [2.45, 2.75) is 19.5 Å². The second-order valence-electron chi connectivity index (χ2n) is 7.30. The van der Waals surface area contributed by atoms with Gasteiger partial charge in [0.25, 0.3) is 0 Å². The Kier molecular flexibility index (Phi) is 6.06. The van der Waals surface area contributed by atoms with Gasteiger partial charge >= 0.3 is 0 Å². The first-order valence-electron chi connectivity index (χ1n) is 9.69. The van der Waals surface area contributed by atoms with Crippen molar-refractivity contribution in [2.24, 2.45) is 0 Å². The third-order valence-corrected chi connectivity index (χ3v) is 6.07. The second kappa shape index (κ2) is 8.74. The lowest BCUT2D eigenvalue weighted by Crippen LogP contribution is -3.00. The minimum absolute atomic E-state index is 0. The Bertz CT molecular complexity index is 1230. The minimum Gasteiger partial charge on any atom is -1.00 e. The minimum atomic E-state index is 0. The lowest BCUT2D eigenvalue weighted by Gasteiger charge is -2.03. The van der Waals surface area contributed by atoms with Crippen LogP contribution in [0.2, 0.25) is 0 Å². The van der Waals surface area contributed by atoms with Gasteiger partial charge in [0.15, 0.2) is 17.6 Å². The zero-order chi connectivity index (χ0) is 19.8. The van der Waals surface area contributed by atoms with Crippen molar-refractivity contribution in [1.29, 1.82) is 0 Å². The Morgan fingerprint density at radius 3 is 2.73 bits per heavy atom. The maximum Gasteiger partial charge on any atom is 0.245 e. The van der Waals surface area contributed by atoms with E-state index in [0.717, 1.165) is 40.8 Å². The fourth-order valence-corrected chi connectivity index (χ4v) is 4.46. The van der Waals surface area contributed by atoms with Gasteiger partial charge in [-0.05, 0) is 41.5 Å². The van der Waals surface area contributed by atoms with Crippen molar-refractivity contribution in [1.82, 2.24) is 4.57 Å². The number of nitrogens with zero attached hydrogens (tertiary/aromatic N) is 2. The van der Waals surface area contributed by atoms with Crippen LogP contribution in [0.5, 0.6) is 5.75 Å². The number of aromatic nitrogens is 2. The van der Waals surface area contributed by atoms with Crippen LogP contribution < -0.4 is 26.3 Å². The van der Waals surface area contributed by atoms with E-state index in [4.69, 9.17) is 4.74 Å². The number of fused-ring (bicyclic) bond motifs is 2. The molecule has 2 heterocycles. The van der Waals surface area contributed by atoms with Crippen LogP contribution in [-0.4, -0.2) is 17.0 Å². The van der Waals surface area contributed by atoms with Gasteiger partial charge in [-0.3, -0.25) is 4.79 Å². The number of hydrogen-bond donors (Lipinski definition) is 0. The van der Waals surface area contributed by atoms with Crippen molar-refractivity contribution in [2.75, 3.05) is 6.61 Å². The molecule has 0 bridgehead atoms. The summed E-state index contributed by atoms with van der Waals surface area (Å²) in [5, 5.41) is 0. The van der Waals surface area contributed by atoms with Crippen LogP contribution in [0.4, 0.5) is 0 Å². The molecule has 30 heavy (non-hydrogen) atoms. The van der Waals surface area contributed by atoms with E-state index in [2.05, 4.69) is 50.8 Å². The predicted molar refractivity (Wildman–Crippen MR) is 115 cm³/mol. The van der Waals surface area contributed by atoms with Crippen molar-refractivity contribution in [3.8, 4) is 5.75 Å². The molecule has 0 unspecified atom stereocenters. The van der Waals surface area contributed by atoms with E-state index in [9.17, 15) is 4.79 Å². The highest BCUT2D eigenvalue weighted by Gasteiger charge is 2.20. The number of ketones is 1. The number of rotatable bonds is 5. The first kappa shape index (κ1) is 20.8. The van der Waals surface area contributed by atoms with Gasteiger partial charge < -0.3 is 21.7 Å². The van der Waals surface area contributed by atoms with Crippen LogP contribution >= 0.6 is 15.9 Å². The monoisotopic (exact) mass is 526 g/mol. The molecule has 0 aliphatic carbocycles. The van der Waals surface area contributed by atoms with E-state index in [1.165, 1.54) is 11.1 Å². The Morgan fingerprint density at radius 1 is 1.07 bits per heavy atom. The van der Waals surface area contributed by atoms with E-state index < -0.39 is 0 Å². The van der Waals surface area contributed by atoms with Gasteiger partial charge in [-0.15, -0.1) is 0 Å². The lowest BCUT2D eigenvalue weighted by molar-refractivity contribution is -0.663. The standard InChI is InChI=1S/C24H20BrN2O2.BrH/c25-20-6-2-1-5-19(20)23(28)15-27-16-26(21-7-3-4-8-22(21)27)14-17-9-10-24-18(13-17)11-12-29-24;/h1-10,13,16H,11-12,14-15H2;1H/q+1;/p-1. The first-order chi connectivity index (χ1) is 14.2. The largest absolute Gasteiger partial charge is 1.00 e. The SMILES string of the molecule is O=C(Cn1c[n+](Cc2ccc3c(c2)CCO3)c2ccccc21)c1ccccc1Br.[Br-]. The molecular weight excluding hydrogens is 508 g/mol. The molecule has 1 aliphatic heterocycles. The molecule has 0 spiro atoms. The summed E-state index contributed by atoms with van der Waals surface area (Å²) in [5.74, 6) is 1.08. The van der Waals surface area contributed by atoms with Crippen molar-refractivity contribution in [3.63, 3.8) is 0 Å². The molecule has 0 fully saturated rings. The van der Waals surface area contributed by atoms with Gasteiger partial charge in [-0.25, -0.2) is 9.13 Å². The molecule has 5 rings (SSSR count). The van der Waals surface area contributed by atoms with Crippen LogP contribution in [0.25, 0.3) is 11.0 Å². The van der Waals surface area contributed by atoms with E-state index >= 15 is 0 Å². The van der Waals surface area contributed by atoms with E-state index in [1.807, 2.05) is 47.3 Å². The maximum absolute atomic E-state index is 12.9. The van der Waals surface area contributed by atoms with Gasteiger partial charge in [0.05, 0.1) is 6.61 Å². The summed E-state index contributed by atoms with van der Waals surface area (Å²) in [6.45, 7) is 1.82. The average Bonchev–Trinajstić information content (AvgIpc) is 3.33. The highest BCUT2D eigenvalue weighted by atomic mass is 79.9. The molecule has 0 N–H and O–H groups in total. The molecule has 152 valence electrons. The summed E-state index contributed by atoms with van der Waals surface area (Å²) in [6.07, 6.45) is 3.01. The topological polar surface area (TPSA) is 35.1 Å². The molecule has 0 amide bonds. The lowest BCUT2D eigenvalue weighted by atomic mass is 10.1. The Labute approximate surface area is 194 Å². The summed E-state index contributed by atoms with van der Waals surface area (Å²) in [5.41, 5.74) is 5.38. The van der Waals surface area contributed by atoms with Crippen LogP contribution in [0, 0.1) is 0 Å². The van der Waals surface area contributed by atoms with E-state index in [1.54, 1.807) is 0 Å². The molecule has 4 nitrogen and oxygen atoms in total. The fourth-order valence-electron chi connectivity index (χ4n) is 3.96. The van der Waals surface area contributed by atoms with E-state index in [-0.39, 0.29) is 22.8 Å². The van der Waals surface area contributed by atoms with Gasteiger partial charge in [-0.2, -0.15) is 0 Å².